The summed E-state index contributed by atoms with van der Waals surface area (Å²) in [4.78, 5) is 2.38. The molecule has 1 nitrogen and oxygen atoms in total. The van der Waals surface area contributed by atoms with E-state index in [2.05, 4.69) is 55.8 Å². The van der Waals surface area contributed by atoms with Crippen LogP contribution in [0.25, 0.3) is 0 Å². The number of hydrogen-bond donors (Lipinski definition) is 1. The summed E-state index contributed by atoms with van der Waals surface area (Å²) in [5.74, 6) is 1.04. The Kier molecular flexibility index (Phi) is 9.65. The topological polar surface area (TPSA) is 3.24 Å². The Labute approximate surface area is 131 Å². The fraction of sp³-hybridized carbons (Fsp3) is 0.667. The van der Waals surface area contributed by atoms with Crippen molar-refractivity contribution < 1.29 is 0 Å². The summed E-state index contributed by atoms with van der Waals surface area (Å²) in [5, 5.41) is 0. The van der Waals surface area contributed by atoms with Crippen molar-refractivity contribution in [1.29, 1.82) is 0 Å². The van der Waals surface area contributed by atoms with Gasteiger partial charge in [-0.25, -0.2) is 0 Å². The lowest BCUT2D eigenvalue weighted by Gasteiger charge is -2.19. The van der Waals surface area contributed by atoms with Crippen molar-refractivity contribution >= 4 is 18.3 Å². The maximum absolute atomic E-state index is 4.24. The van der Waals surface area contributed by atoms with Crippen LogP contribution in [0.4, 0.5) is 5.69 Å². The fourth-order valence-electron chi connectivity index (χ4n) is 2.46. The number of unbranched alkanes of at least 4 members (excludes halogenated alkanes) is 6. The molecule has 114 valence electrons. The van der Waals surface area contributed by atoms with Crippen LogP contribution >= 0.6 is 12.6 Å². The van der Waals surface area contributed by atoms with Crippen LogP contribution in [0.2, 0.25) is 0 Å². The van der Waals surface area contributed by atoms with Gasteiger partial charge in [0, 0.05) is 19.3 Å². The number of nitrogens with zero attached hydrogens (tertiary/aromatic N) is 1. The van der Waals surface area contributed by atoms with Crippen LogP contribution in [0.3, 0.4) is 0 Å². The monoisotopic (exact) mass is 293 g/mol. The molecule has 0 bridgehead atoms. The Morgan fingerprint density at radius 3 is 1.95 bits per heavy atom. The second-order valence-corrected chi connectivity index (χ2v) is 6.09. The quantitative estimate of drug-likeness (QED) is 0.425. The highest BCUT2D eigenvalue weighted by Gasteiger charge is 2.00. The molecule has 0 spiro atoms. The average molecular weight is 294 g/mol. The summed E-state index contributed by atoms with van der Waals surface area (Å²) in [6.45, 7) is 3.37. The first-order valence-electron chi connectivity index (χ1n) is 8.19. The number of anilines is 1. The largest absolute Gasteiger partial charge is 0.375 e. The summed E-state index contributed by atoms with van der Waals surface area (Å²) in [5.41, 5.74) is 2.76. The summed E-state index contributed by atoms with van der Waals surface area (Å²) in [6.07, 6.45) is 10.6. The molecule has 0 aromatic heterocycles. The highest BCUT2D eigenvalue weighted by atomic mass is 32.1. The Hall–Kier alpha value is -0.630. The Morgan fingerprint density at radius 1 is 0.850 bits per heavy atom. The van der Waals surface area contributed by atoms with E-state index >= 15 is 0 Å². The molecular formula is C18H31NS. The van der Waals surface area contributed by atoms with Crippen molar-refractivity contribution in [3.05, 3.63) is 29.8 Å². The van der Waals surface area contributed by atoms with Gasteiger partial charge >= 0.3 is 0 Å². The van der Waals surface area contributed by atoms with E-state index in [0.29, 0.717) is 0 Å². The molecule has 20 heavy (non-hydrogen) atoms. The first kappa shape index (κ1) is 17.4. The van der Waals surface area contributed by atoms with Crippen LogP contribution in [-0.4, -0.2) is 19.3 Å². The zero-order valence-electron chi connectivity index (χ0n) is 13.3. The molecule has 2 heteroatoms. The van der Waals surface area contributed by atoms with Crippen LogP contribution in [0.5, 0.6) is 0 Å². The van der Waals surface area contributed by atoms with Gasteiger partial charge in [0.15, 0.2) is 0 Å². The molecule has 1 aromatic rings. The predicted octanol–water partition coefficient (Wildman–Crippen LogP) is 5.35. The summed E-state index contributed by atoms with van der Waals surface area (Å²) >= 11 is 4.24. The number of hydrogen-bond acceptors (Lipinski definition) is 2. The van der Waals surface area contributed by atoms with Gasteiger partial charge in [-0.05, 0) is 42.7 Å². The molecule has 1 rings (SSSR count). The molecule has 0 heterocycles. The minimum absolute atomic E-state index is 1.04. The summed E-state index contributed by atoms with van der Waals surface area (Å²) in [6, 6.07) is 8.98. The van der Waals surface area contributed by atoms with Gasteiger partial charge in [0.05, 0.1) is 0 Å². The van der Waals surface area contributed by atoms with E-state index in [1.54, 1.807) is 0 Å². The first-order valence-corrected chi connectivity index (χ1v) is 8.82. The van der Waals surface area contributed by atoms with Crippen molar-refractivity contribution in [3.8, 4) is 0 Å². The third-order valence-electron chi connectivity index (χ3n) is 3.94. The third-order valence-corrected chi connectivity index (χ3v) is 4.25. The molecule has 0 radical (unpaired) electrons. The zero-order chi connectivity index (χ0) is 14.6. The van der Waals surface area contributed by atoms with E-state index < -0.39 is 0 Å². The van der Waals surface area contributed by atoms with Crippen molar-refractivity contribution in [2.45, 2.75) is 58.3 Å². The number of aryl methyl sites for hydroxylation is 1. The molecule has 0 atom stereocenters. The maximum Gasteiger partial charge on any atom is 0.0363 e. The van der Waals surface area contributed by atoms with Crippen molar-refractivity contribution in [1.82, 2.24) is 0 Å². The van der Waals surface area contributed by atoms with Gasteiger partial charge in [-0.2, -0.15) is 12.6 Å². The highest BCUT2D eigenvalue weighted by Crippen LogP contribution is 2.15. The second-order valence-electron chi connectivity index (χ2n) is 5.64. The van der Waals surface area contributed by atoms with E-state index in [4.69, 9.17) is 0 Å². The smallest absolute Gasteiger partial charge is 0.0363 e. The Morgan fingerprint density at radius 2 is 1.40 bits per heavy atom. The van der Waals surface area contributed by atoms with Gasteiger partial charge in [-0.1, -0.05) is 51.2 Å². The molecule has 1 aromatic carbocycles. The van der Waals surface area contributed by atoms with Gasteiger partial charge in [0.2, 0.25) is 0 Å². The molecule has 0 aliphatic rings. The molecule has 0 fully saturated rings. The van der Waals surface area contributed by atoms with Crippen LogP contribution in [0, 0.1) is 0 Å². The van der Waals surface area contributed by atoms with Gasteiger partial charge < -0.3 is 4.90 Å². The summed E-state index contributed by atoms with van der Waals surface area (Å²) in [7, 11) is 2.20. The first-order chi connectivity index (χ1) is 9.77. The third kappa shape index (κ3) is 7.23. The number of rotatable bonds is 11. The van der Waals surface area contributed by atoms with Gasteiger partial charge in [0.1, 0.15) is 0 Å². The van der Waals surface area contributed by atoms with Crippen molar-refractivity contribution in [3.63, 3.8) is 0 Å². The van der Waals surface area contributed by atoms with Crippen LogP contribution in [0.15, 0.2) is 24.3 Å². The molecule has 0 unspecified atom stereocenters. The molecule has 0 N–H and O–H groups in total. The lowest BCUT2D eigenvalue weighted by Crippen LogP contribution is -2.18. The molecule has 0 aliphatic heterocycles. The normalized spacial score (nSPS) is 10.8. The molecule has 0 saturated heterocycles. The van der Waals surface area contributed by atoms with E-state index in [9.17, 15) is 0 Å². The fourth-order valence-corrected chi connectivity index (χ4v) is 2.68. The second kappa shape index (κ2) is 11.1. The van der Waals surface area contributed by atoms with Gasteiger partial charge in [0.25, 0.3) is 0 Å². The standard InChI is InChI=1S/C18H31NS/c1-3-17-11-13-18(14-12-17)19(2)15-9-7-5-4-6-8-10-16-20/h11-14,20H,3-10,15-16H2,1-2H3. The Balaban J connectivity index is 2.08. The van der Waals surface area contributed by atoms with Gasteiger partial charge in [-0.3, -0.25) is 0 Å². The Bertz CT molecular complexity index is 334. The molecule has 0 amide bonds. The van der Waals surface area contributed by atoms with Crippen LogP contribution < -0.4 is 4.90 Å². The van der Waals surface area contributed by atoms with Crippen molar-refractivity contribution in [2.75, 3.05) is 24.2 Å². The van der Waals surface area contributed by atoms with E-state index in [0.717, 1.165) is 12.2 Å². The lowest BCUT2D eigenvalue weighted by atomic mass is 10.1. The van der Waals surface area contributed by atoms with Gasteiger partial charge in [-0.15, -0.1) is 0 Å². The number of thiol groups is 1. The SMILES string of the molecule is CCc1ccc(N(C)CCCCCCCCCS)cc1. The van der Waals surface area contributed by atoms with Crippen LogP contribution in [0.1, 0.15) is 57.4 Å². The van der Waals surface area contributed by atoms with Crippen LogP contribution in [-0.2, 0) is 6.42 Å². The maximum atomic E-state index is 4.24. The zero-order valence-corrected chi connectivity index (χ0v) is 14.2. The van der Waals surface area contributed by atoms with E-state index in [1.807, 2.05) is 0 Å². The minimum atomic E-state index is 1.04. The highest BCUT2D eigenvalue weighted by molar-refractivity contribution is 7.80. The predicted molar refractivity (Wildman–Crippen MR) is 95.3 cm³/mol. The van der Waals surface area contributed by atoms with E-state index in [1.165, 1.54) is 62.7 Å². The lowest BCUT2D eigenvalue weighted by molar-refractivity contribution is 0.590. The minimum Gasteiger partial charge on any atom is -0.375 e. The summed E-state index contributed by atoms with van der Waals surface area (Å²) < 4.78 is 0. The average Bonchev–Trinajstić information content (AvgIpc) is 2.50. The molecule has 0 saturated carbocycles. The molecule has 0 aliphatic carbocycles. The van der Waals surface area contributed by atoms with E-state index in [-0.39, 0.29) is 0 Å². The van der Waals surface area contributed by atoms with Crippen molar-refractivity contribution in [2.24, 2.45) is 0 Å². The number of benzene rings is 1. The molecular weight excluding hydrogens is 262 g/mol.